The van der Waals surface area contributed by atoms with Gasteiger partial charge in [0.1, 0.15) is 12.4 Å². The molecule has 26 heavy (non-hydrogen) atoms. The zero-order valence-corrected chi connectivity index (χ0v) is 16.2. The Morgan fingerprint density at radius 2 is 2.27 bits per heavy atom. The molecular weight excluding hydrogens is 364 g/mol. The van der Waals surface area contributed by atoms with Crippen molar-refractivity contribution in [3.8, 4) is 5.75 Å². The lowest BCUT2D eigenvalue weighted by Gasteiger charge is -2.24. The lowest BCUT2D eigenvalue weighted by atomic mass is 10.1. The van der Waals surface area contributed by atoms with Gasteiger partial charge in [-0.25, -0.2) is 4.98 Å². The Bertz CT molecular complexity index is 889. The zero-order valence-electron chi connectivity index (χ0n) is 14.6. The van der Waals surface area contributed by atoms with Crippen molar-refractivity contribution in [2.75, 3.05) is 6.54 Å². The summed E-state index contributed by atoms with van der Waals surface area (Å²) in [6, 6.07) is 9.78. The second-order valence-electron chi connectivity index (χ2n) is 6.39. The maximum atomic E-state index is 13.0. The molecule has 0 saturated carbocycles. The highest BCUT2D eigenvalue weighted by Gasteiger charge is 2.30. The molecule has 4 rings (SSSR count). The van der Waals surface area contributed by atoms with Crippen LogP contribution in [-0.2, 0) is 6.61 Å². The van der Waals surface area contributed by atoms with E-state index in [0.29, 0.717) is 17.9 Å². The third kappa shape index (κ3) is 3.66. The Hall–Kier alpha value is -2.18. The molecule has 0 aliphatic carbocycles. The summed E-state index contributed by atoms with van der Waals surface area (Å²) in [6.45, 7) is 3.21. The monoisotopic (exact) mass is 384 g/mol. The Morgan fingerprint density at radius 3 is 3.04 bits per heavy atom. The molecule has 3 heterocycles. The molecule has 1 unspecified atom stereocenters. The molecule has 0 radical (unpaired) electrons. The molecule has 1 aromatic carbocycles. The van der Waals surface area contributed by atoms with Crippen LogP contribution in [0, 0.1) is 6.92 Å². The van der Waals surface area contributed by atoms with E-state index in [-0.39, 0.29) is 11.9 Å². The van der Waals surface area contributed by atoms with Crippen molar-refractivity contribution in [1.29, 1.82) is 0 Å². The normalized spacial score (nSPS) is 16.8. The summed E-state index contributed by atoms with van der Waals surface area (Å²) in [5.41, 5.74) is 2.84. The molecule has 1 atom stereocenters. The van der Waals surface area contributed by atoms with E-state index in [9.17, 15) is 4.79 Å². The van der Waals surface area contributed by atoms with Crippen LogP contribution in [0.15, 0.2) is 46.5 Å². The average Bonchev–Trinajstić information content (AvgIpc) is 3.40. The maximum absolute atomic E-state index is 13.0. The zero-order chi connectivity index (χ0) is 17.9. The number of carbonyl (C=O) groups excluding carboxylic acids is 1. The molecule has 1 fully saturated rings. The van der Waals surface area contributed by atoms with Crippen molar-refractivity contribution in [3.63, 3.8) is 0 Å². The number of amides is 1. The number of nitrogens with zero attached hydrogens (tertiary/aromatic N) is 2. The third-order valence-electron chi connectivity index (χ3n) is 4.58. The first-order chi connectivity index (χ1) is 12.7. The molecule has 6 heteroatoms. The number of aromatic nitrogens is 1. The van der Waals surface area contributed by atoms with Crippen molar-refractivity contribution >= 4 is 28.6 Å². The minimum Gasteiger partial charge on any atom is -0.487 e. The molecular formula is C20H20N2O2S2. The average molecular weight is 385 g/mol. The maximum Gasteiger partial charge on any atom is 0.254 e. The van der Waals surface area contributed by atoms with Crippen molar-refractivity contribution < 1.29 is 9.53 Å². The van der Waals surface area contributed by atoms with Gasteiger partial charge in [-0.1, -0.05) is 6.07 Å². The van der Waals surface area contributed by atoms with Gasteiger partial charge in [0, 0.05) is 17.5 Å². The van der Waals surface area contributed by atoms with Gasteiger partial charge in [-0.2, -0.15) is 11.3 Å². The number of thiazole rings is 1. The smallest absolute Gasteiger partial charge is 0.254 e. The van der Waals surface area contributed by atoms with Gasteiger partial charge in [0.05, 0.1) is 16.7 Å². The predicted molar refractivity (Wildman–Crippen MR) is 105 cm³/mol. The van der Waals surface area contributed by atoms with Crippen LogP contribution in [0.4, 0.5) is 0 Å². The van der Waals surface area contributed by atoms with Crippen LogP contribution in [0.25, 0.3) is 0 Å². The Balaban J connectivity index is 1.47. The molecule has 3 aromatic rings. The number of rotatable bonds is 5. The summed E-state index contributed by atoms with van der Waals surface area (Å²) >= 11 is 3.29. The highest BCUT2D eigenvalue weighted by atomic mass is 32.1. The summed E-state index contributed by atoms with van der Waals surface area (Å²) in [6.07, 6.45) is 2.08. The van der Waals surface area contributed by atoms with Crippen LogP contribution in [0.5, 0.6) is 5.75 Å². The van der Waals surface area contributed by atoms with E-state index in [1.54, 1.807) is 22.7 Å². The largest absolute Gasteiger partial charge is 0.487 e. The summed E-state index contributed by atoms with van der Waals surface area (Å²) in [7, 11) is 0. The van der Waals surface area contributed by atoms with Crippen LogP contribution < -0.4 is 4.74 Å². The van der Waals surface area contributed by atoms with Gasteiger partial charge >= 0.3 is 0 Å². The van der Waals surface area contributed by atoms with E-state index in [1.165, 1.54) is 5.56 Å². The molecule has 0 spiro atoms. The highest BCUT2D eigenvalue weighted by molar-refractivity contribution is 7.09. The molecule has 2 aromatic heterocycles. The Kier molecular flexibility index (Phi) is 5.04. The SMILES string of the molecule is Cc1nc(COc2cccc(C(=O)N3CCCC3c3ccsc3)c2)cs1. The van der Waals surface area contributed by atoms with Gasteiger partial charge in [-0.05, 0) is 60.4 Å². The number of ether oxygens (including phenoxy) is 1. The molecule has 1 aliphatic rings. The second kappa shape index (κ2) is 7.60. The summed E-state index contributed by atoms with van der Waals surface area (Å²) in [5.74, 6) is 0.779. The fourth-order valence-electron chi connectivity index (χ4n) is 3.34. The second-order valence-corrected chi connectivity index (χ2v) is 8.23. The van der Waals surface area contributed by atoms with Crippen molar-refractivity contribution in [2.45, 2.75) is 32.4 Å². The molecule has 1 saturated heterocycles. The summed E-state index contributed by atoms with van der Waals surface area (Å²) in [5, 5.41) is 7.25. The van der Waals surface area contributed by atoms with E-state index >= 15 is 0 Å². The quantitative estimate of drug-likeness (QED) is 0.617. The predicted octanol–water partition coefficient (Wildman–Crippen LogP) is 5.07. The minimum atomic E-state index is 0.0775. The van der Waals surface area contributed by atoms with Crippen LogP contribution >= 0.6 is 22.7 Å². The van der Waals surface area contributed by atoms with Crippen molar-refractivity contribution in [3.05, 3.63) is 68.3 Å². The molecule has 0 N–H and O–H groups in total. The first kappa shape index (κ1) is 17.2. The summed E-state index contributed by atoms with van der Waals surface area (Å²) < 4.78 is 5.83. The van der Waals surface area contributed by atoms with E-state index in [1.807, 2.05) is 41.5 Å². The summed E-state index contributed by atoms with van der Waals surface area (Å²) in [4.78, 5) is 19.4. The minimum absolute atomic E-state index is 0.0775. The molecule has 1 aliphatic heterocycles. The van der Waals surface area contributed by atoms with E-state index in [2.05, 4.69) is 21.8 Å². The molecule has 134 valence electrons. The standard InChI is InChI=1S/C20H20N2O2S2/c1-14-21-17(13-26-14)11-24-18-5-2-4-15(10-18)20(23)22-8-3-6-19(22)16-7-9-25-12-16/h2,4-5,7,9-10,12-13,19H,3,6,8,11H2,1H3. The number of hydrogen-bond acceptors (Lipinski definition) is 5. The Labute approximate surface area is 161 Å². The van der Waals surface area contributed by atoms with Gasteiger partial charge in [-0.15, -0.1) is 11.3 Å². The molecule has 1 amide bonds. The Morgan fingerprint density at radius 1 is 1.35 bits per heavy atom. The molecule has 4 nitrogen and oxygen atoms in total. The third-order valence-corrected chi connectivity index (χ3v) is 6.10. The van der Waals surface area contributed by atoms with Crippen molar-refractivity contribution in [1.82, 2.24) is 9.88 Å². The molecule has 0 bridgehead atoms. The number of aryl methyl sites for hydroxylation is 1. The van der Waals surface area contributed by atoms with Gasteiger partial charge in [-0.3, -0.25) is 4.79 Å². The van der Waals surface area contributed by atoms with Gasteiger partial charge < -0.3 is 9.64 Å². The van der Waals surface area contributed by atoms with Gasteiger partial charge in [0.25, 0.3) is 5.91 Å². The fourth-order valence-corrected chi connectivity index (χ4v) is 4.64. The number of carbonyl (C=O) groups is 1. The lowest BCUT2D eigenvalue weighted by molar-refractivity contribution is 0.0735. The lowest BCUT2D eigenvalue weighted by Crippen LogP contribution is -2.30. The van der Waals surface area contributed by atoms with E-state index in [0.717, 1.165) is 30.1 Å². The van der Waals surface area contributed by atoms with Gasteiger partial charge in [0.15, 0.2) is 0 Å². The van der Waals surface area contributed by atoms with Gasteiger partial charge in [0.2, 0.25) is 0 Å². The topological polar surface area (TPSA) is 42.4 Å². The number of benzene rings is 1. The first-order valence-electron chi connectivity index (χ1n) is 8.67. The van der Waals surface area contributed by atoms with Crippen LogP contribution in [0.2, 0.25) is 0 Å². The van der Waals surface area contributed by atoms with Crippen LogP contribution in [0.3, 0.4) is 0 Å². The van der Waals surface area contributed by atoms with Crippen LogP contribution in [0.1, 0.15) is 45.5 Å². The van der Waals surface area contributed by atoms with E-state index < -0.39 is 0 Å². The number of likely N-dealkylation sites (tertiary alicyclic amines) is 1. The van der Waals surface area contributed by atoms with Crippen LogP contribution in [-0.4, -0.2) is 22.3 Å². The highest BCUT2D eigenvalue weighted by Crippen LogP contribution is 2.34. The first-order valence-corrected chi connectivity index (χ1v) is 10.5. The number of hydrogen-bond donors (Lipinski definition) is 0. The fraction of sp³-hybridized carbons (Fsp3) is 0.300. The number of thiophene rings is 1. The van der Waals surface area contributed by atoms with Crippen molar-refractivity contribution in [2.24, 2.45) is 0 Å². The van der Waals surface area contributed by atoms with E-state index in [4.69, 9.17) is 4.74 Å².